The first-order chi connectivity index (χ1) is 4.24. The molecule has 20 heavy (non-hydrogen) atoms. The van der Waals surface area contributed by atoms with Crippen molar-refractivity contribution in [2.45, 2.75) is 102 Å². The molecule has 0 heterocycles. The minimum Gasteiger partial charge on any atom is -0.0867 e. The summed E-state index contributed by atoms with van der Waals surface area (Å²) >= 11 is 6.86. The highest BCUT2D eigenvalue weighted by atomic mass is 127. The van der Waals surface area contributed by atoms with Gasteiger partial charge in [-0.05, 0) is 13.3 Å². The van der Waals surface area contributed by atoms with Gasteiger partial charge in [-0.1, -0.05) is 170 Å². The first kappa shape index (κ1) is 149. The molecule has 0 radical (unpaired) electrons. The van der Waals surface area contributed by atoms with Gasteiger partial charge in [0.05, 0.1) is 0 Å². The van der Waals surface area contributed by atoms with E-state index in [4.69, 9.17) is 0 Å². The van der Waals surface area contributed by atoms with Crippen LogP contribution < -0.4 is 0 Å². The lowest BCUT2D eigenvalue weighted by Gasteiger charge is -1.45. The van der Waals surface area contributed by atoms with Gasteiger partial charge in [0, 0.05) is 0 Å². The van der Waals surface area contributed by atoms with Gasteiger partial charge in [-0.2, -0.15) is 0 Å². The Balaban J connectivity index is -0.00000000176. The van der Waals surface area contributed by atoms with Gasteiger partial charge in [-0.3, -0.25) is 0 Å². The van der Waals surface area contributed by atoms with Crippen molar-refractivity contribution < 1.29 is 0 Å². The molecule has 0 aromatic rings. The third-order valence-electron chi connectivity index (χ3n) is 0. The van der Waals surface area contributed by atoms with Crippen LogP contribution in [0.2, 0.25) is 0 Å². The van der Waals surface area contributed by atoms with Crippen LogP contribution in [0.4, 0.5) is 0 Å². The molecule has 0 saturated carbocycles. The Morgan fingerprint density at radius 3 is 0.350 bits per heavy atom. The van der Waals surface area contributed by atoms with Crippen LogP contribution in [-0.2, 0) is 0 Å². The molecule has 0 N–H and O–H groups in total. The summed E-state index contributed by atoms with van der Waals surface area (Å²) in [4.78, 5) is 0. The number of halogens is 3. The van der Waals surface area contributed by atoms with Crippen LogP contribution in [0.5, 0.6) is 0 Å². The SMILES string of the molecule is C.C.C.C.C.C.C.C.C.C.C.CCI.CCI.CCI. The van der Waals surface area contributed by atoms with Crippen molar-refractivity contribution in [3.05, 3.63) is 0 Å². The third-order valence-corrected chi connectivity index (χ3v) is 0. The number of alkyl halides is 3. The van der Waals surface area contributed by atoms with Crippen LogP contribution in [-0.4, -0.2) is 13.3 Å². The summed E-state index contributed by atoms with van der Waals surface area (Å²) in [5.41, 5.74) is 0. The Labute approximate surface area is 181 Å². The van der Waals surface area contributed by atoms with Crippen LogP contribution in [0, 0.1) is 0 Å². The molecular weight excluding hydrogens is 585 g/mol. The Kier molecular flexibility index (Phi) is 2380. The first-order valence-corrected chi connectivity index (χ1v) is 7.50. The zero-order chi connectivity index (χ0) is 8.12. The minimum absolute atomic E-state index is 0. The lowest BCUT2D eigenvalue weighted by molar-refractivity contribution is 1.58. The number of rotatable bonds is 0. The molecule has 3 heteroatoms. The van der Waals surface area contributed by atoms with Gasteiger partial charge in [0.25, 0.3) is 0 Å². The van der Waals surface area contributed by atoms with Crippen molar-refractivity contribution in [1.82, 2.24) is 0 Å². The third kappa shape index (κ3) is 1550. The lowest BCUT2D eigenvalue weighted by atomic mass is 11.0. The monoisotopic (exact) mass is 644 g/mol. The Morgan fingerprint density at radius 1 is 0.350 bits per heavy atom. The van der Waals surface area contributed by atoms with Gasteiger partial charge in [0.1, 0.15) is 0 Å². The number of hydrogen-bond acceptors (Lipinski definition) is 0. The van der Waals surface area contributed by atoms with Crippen molar-refractivity contribution in [2.24, 2.45) is 0 Å². The van der Waals surface area contributed by atoms with Gasteiger partial charge in [0.15, 0.2) is 0 Å². The molecule has 0 saturated heterocycles. The number of hydrogen-bond donors (Lipinski definition) is 0. The largest absolute Gasteiger partial charge is 0.0867 e. The fraction of sp³-hybridized carbons (Fsp3) is 1.00. The van der Waals surface area contributed by atoms with Crippen molar-refractivity contribution >= 4 is 67.8 Å². The van der Waals surface area contributed by atoms with E-state index in [1.807, 2.05) is 0 Å². The van der Waals surface area contributed by atoms with Gasteiger partial charge in [0.2, 0.25) is 0 Å². The molecule has 0 bridgehead atoms. The lowest BCUT2D eigenvalue weighted by Crippen LogP contribution is -1.33. The Morgan fingerprint density at radius 2 is 0.350 bits per heavy atom. The van der Waals surface area contributed by atoms with E-state index in [9.17, 15) is 0 Å². The summed E-state index contributed by atoms with van der Waals surface area (Å²) in [5.74, 6) is 0. The predicted molar refractivity (Wildman–Crippen MR) is 148 cm³/mol. The van der Waals surface area contributed by atoms with E-state index in [2.05, 4.69) is 88.5 Å². The maximum absolute atomic E-state index is 2.29. The molecule has 0 fully saturated rings. The Hall–Kier alpha value is 2.19. The first-order valence-electron chi connectivity index (χ1n) is 2.92. The summed E-state index contributed by atoms with van der Waals surface area (Å²) in [6, 6.07) is 0. The van der Waals surface area contributed by atoms with E-state index in [1.165, 1.54) is 13.3 Å². The van der Waals surface area contributed by atoms with Gasteiger partial charge in [-0.25, -0.2) is 0 Å². The van der Waals surface area contributed by atoms with Crippen molar-refractivity contribution in [2.75, 3.05) is 13.3 Å². The molecule has 0 nitrogen and oxygen atoms in total. The molecule has 0 atom stereocenters. The maximum Gasteiger partial charge on any atom is -0.00332 e. The summed E-state index contributed by atoms with van der Waals surface area (Å²) < 4.78 is 3.66. The maximum atomic E-state index is 2.29. The zero-order valence-electron chi connectivity index (χ0n) is 6.26. The molecule has 0 rings (SSSR count). The molecule has 0 spiro atoms. The second-order valence-corrected chi connectivity index (χ2v) is 5.38. The van der Waals surface area contributed by atoms with Crippen LogP contribution >= 0.6 is 67.8 Å². The Bertz CT molecular complexity index is 17.0. The van der Waals surface area contributed by atoms with Crippen molar-refractivity contribution in [1.29, 1.82) is 0 Å². The molecule has 0 aliphatic heterocycles. The molecule has 0 aliphatic rings. The highest BCUT2D eigenvalue weighted by Crippen LogP contribution is 1.70. The standard InChI is InChI=1S/3C2H5I.11CH4/c3*1-2-3;;;;;;;;;;;/h3*2H2,1H3;11*1H4. The average Bonchev–Trinajstić information content (AvgIpc) is 1.70. The zero-order valence-corrected chi connectivity index (χ0v) is 12.7. The molecular formula is C17H59I3. The van der Waals surface area contributed by atoms with E-state index in [0.717, 1.165) is 0 Å². The highest BCUT2D eigenvalue weighted by Gasteiger charge is 1.38. The van der Waals surface area contributed by atoms with E-state index >= 15 is 0 Å². The van der Waals surface area contributed by atoms with Crippen LogP contribution in [0.1, 0.15) is 102 Å². The van der Waals surface area contributed by atoms with Crippen LogP contribution in [0.25, 0.3) is 0 Å². The van der Waals surface area contributed by atoms with Crippen molar-refractivity contribution in [3.63, 3.8) is 0 Å². The van der Waals surface area contributed by atoms with Gasteiger partial charge in [-0.15, -0.1) is 0 Å². The van der Waals surface area contributed by atoms with Gasteiger partial charge >= 0.3 is 0 Å². The van der Waals surface area contributed by atoms with E-state index in [1.54, 1.807) is 0 Å². The molecule has 0 amide bonds. The van der Waals surface area contributed by atoms with E-state index in [0.29, 0.717) is 0 Å². The summed E-state index contributed by atoms with van der Waals surface area (Å²) in [6.45, 7) is 6.34. The smallest absolute Gasteiger partial charge is 0.00332 e. The van der Waals surface area contributed by atoms with E-state index in [-0.39, 0.29) is 81.7 Å². The molecule has 0 unspecified atom stereocenters. The van der Waals surface area contributed by atoms with E-state index < -0.39 is 0 Å². The second kappa shape index (κ2) is 321. The molecule has 0 aromatic heterocycles. The van der Waals surface area contributed by atoms with Crippen molar-refractivity contribution in [3.8, 4) is 0 Å². The molecule has 0 aromatic carbocycles. The topological polar surface area (TPSA) is 0 Å². The minimum atomic E-state index is 0. The highest BCUT2D eigenvalue weighted by molar-refractivity contribution is 14.1. The second-order valence-electron chi connectivity index (χ2n) is 0.802. The van der Waals surface area contributed by atoms with Crippen LogP contribution in [0.15, 0.2) is 0 Å². The van der Waals surface area contributed by atoms with Crippen LogP contribution in [0.3, 0.4) is 0 Å². The predicted octanol–water partition coefficient (Wildman–Crippen LogP) is 11.3. The van der Waals surface area contributed by atoms with Gasteiger partial charge < -0.3 is 0 Å². The normalized spacial score (nSPS) is 2.70. The summed E-state index contributed by atoms with van der Waals surface area (Å²) in [7, 11) is 0. The fourth-order valence-electron chi connectivity index (χ4n) is 0. The average molecular weight is 644 g/mol. The summed E-state index contributed by atoms with van der Waals surface area (Å²) in [5, 5.41) is 0. The quantitative estimate of drug-likeness (QED) is 0.182. The molecule has 0 aliphatic carbocycles. The molecule has 148 valence electrons. The fourth-order valence-corrected chi connectivity index (χ4v) is 0. The summed E-state index contributed by atoms with van der Waals surface area (Å²) in [6.07, 6.45) is 0.